The molecular weight excluding hydrogens is 306 g/mol. The third-order valence-corrected chi connectivity index (χ3v) is 3.82. The number of ether oxygens (including phenoxy) is 2. The molecule has 5 nitrogen and oxygen atoms in total. The fourth-order valence-corrected chi connectivity index (χ4v) is 2.45. The molecule has 1 aromatic carbocycles. The summed E-state index contributed by atoms with van der Waals surface area (Å²) in [6.45, 7) is 2.86. The number of aliphatic hydroxyl groups excluding tert-OH is 1. The predicted molar refractivity (Wildman–Crippen MR) is 95.4 cm³/mol. The zero-order valence-corrected chi connectivity index (χ0v) is 15.0. The standard InChI is InChI=1S/C19H31NO4/c1-3-4-5-6-7-8-9-19(22)20-15-16-10-11-17(24-13-12-21)18(14-16)23-2/h10-11,14,21H,3-9,12-13,15H2,1-2H3,(H,20,22). The van der Waals surface area contributed by atoms with Gasteiger partial charge in [0.05, 0.1) is 13.7 Å². The van der Waals surface area contributed by atoms with Crippen LogP contribution < -0.4 is 14.8 Å². The maximum absolute atomic E-state index is 11.9. The highest BCUT2D eigenvalue weighted by Crippen LogP contribution is 2.27. The van der Waals surface area contributed by atoms with Gasteiger partial charge < -0.3 is 19.9 Å². The Kier molecular flexibility index (Phi) is 10.7. The van der Waals surface area contributed by atoms with Crippen LogP contribution in [0.3, 0.4) is 0 Å². The highest BCUT2D eigenvalue weighted by molar-refractivity contribution is 5.75. The van der Waals surface area contributed by atoms with Crippen molar-refractivity contribution in [3.8, 4) is 11.5 Å². The Morgan fingerprint density at radius 3 is 2.58 bits per heavy atom. The van der Waals surface area contributed by atoms with Crippen LogP contribution in [0.4, 0.5) is 0 Å². The highest BCUT2D eigenvalue weighted by atomic mass is 16.5. The molecule has 0 aromatic heterocycles. The summed E-state index contributed by atoms with van der Waals surface area (Å²) >= 11 is 0. The molecule has 0 fully saturated rings. The van der Waals surface area contributed by atoms with Crippen LogP contribution in [0.25, 0.3) is 0 Å². The lowest BCUT2D eigenvalue weighted by molar-refractivity contribution is -0.121. The minimum absolute atomic E-state index is 0.0423. The molecule has 0 saturated carbocycles. The number of methoxy groups -OCH3 is 1. The van der Waals surface area contributed by atoms with E-state index >= 15 is 0 Å². The highest BCUT2D eigenvalue weighted by Gasteiger charge is 2.07. The zero-order chi connectivity index (χ0) is 17.6. The molecule has 0 spiro atoms. The topological polar surface area (TPSA) is 67.8 Å². The van der Waals surface area contributed by atoms with Gasteiger partial charge in [-0.15, -0.1) is 0 Å². The number of hydrogen-bond donors (Lipinski definition) is 2. The predicted octanol–water partition coefficient (Wildman–Crippen LogP) is 3.43. The van der Waals surface area contributed by atoms with E-state index in [0.717, 1.165) is 18.4 Å². The second kappa shape index (κ2) is 12.6. The summed E-state index contributed by atoms with van der Waals surface area (Å²) in [5.74, 6) is 1.28. The van der Waals surface area contributed by atoms with Crippen LogP contribution in [-0.2, 0) is 11.3 Å². The van der Waals surface area contributed by atoms with Crippen LogP contribution in [0, 0.1) is 0 Å². The molecule has 1 rings (SSSR count). The smallest absolute Gasteiger partial charge is 0.220 e. The van der Waals surface area contributed by atoms with Gasteiger partial charge in [-0.1, -0.05) is 45.1 Å². The van der Waals surface area contributed by atoms with Crippen molar-refractivity contribution >= 4 is 5.91 Å². The fourth-order valence-electron chi connectivity index (χ4n) is 2.45. The second-order valence-electron chi connectivity index (χ2n) is 5.85. The fraction of sp³-hybridized carbons (Fsp3) is 0.632. The Bertz CT molecular complexity index is 476. The first-order chi connectivity index (χ1) is 11.7. The van der Waals surface area contributed by atoms with Crippen LogP contribution in [0.2, 0.25) is 0 Å². The number of carbonyl (C=O) groups excluding carboxylic acids is 1. The Morgan fingerprint density at radius 1 is 1.12 bits per heavy atom. The second-order valence-corrected chi connectivity index (χ2v) is 5.85. The number of nitrogens with one attached hydrogen (secondary N) is 1. The number of amides is 1. The van der Waals surface area contributed by atoms with Gasteiger partial charge in [0, 0.05) is 13.0 Å². The Labute approximate surface area is 145 Å². The first-order valence-corrected chi connectivity index (χ1v) is 8.88. The van der Waals surface area contributed by atoms with Crippen molar-refractivity contribution in [1.82, 2.24) is 5.32 Å². The minimum atomic E-state index is -0.0423. The molecule has 0 saturated heterocycles. The van der Waals surface area contributed by atoms with Crippen LogP contribution in [0.15, 0.2) is 18.2 Å². The molecule has 0 aliphatic heterocycles. The van der Waals surface area contributed by atoms with Crippen molar-refractivity contribution in [2.75, 3.05) is 20.3 Å². The summed E-state index contributed by atoms with van der Waals surface area (Å²) in [4.78, 5) is 11.9. The Balaban J connectivity index is 2.31. The van der Waals surface area contributed by atoms with E-state index in [0.29, 0.717) is 24.5 Å². The van der Waals surface area contributed by atoms with Crippen LogP contribution in [0.5, 0.6) is 11.5 Å². The van der Waals surface area contributed by atoms with Gasteiger partial charge in [-0.2, -0.15) is 0 Å². The molecule has 0 heterocycles. The van der Waals surface area contributed by atoms with E-state index in [1.54, 1.807) is 13.2 Å². The molecule has 5 heteroatoms. The number of hydrogen-bond acceptors (Lipinski definition) is 4. The van der Waals surface area contributed by atoms with Crippen molar-refractivity contribution in [1.29, 1.82) is 0 Å². The molecule has 0 aliphatic rings. The number of rotatable bonds is 13. The monoisotopic (exact) mass is 337 g/mol. The number of aliphatic hydroxyl groups is 1. The average molecular weight is 337 g/mol. The van der Waals surface area contributed by atoms with Gasteiger partial charge in [0.1, 0.15) is 6.61 Å². The molecule has 0 aliphatic carbocycles. The molecule has 1 amide bonds. The average Bonchev–Trinajstić information content (AvgIpc) is 2.61. The first kappa shape index (κ1) is 20.3. The van der Waals surface area contributed by atoms with Gasteiger partial charge in [-0.3, -0.25) is 4.79 Å². The maximum Gasteiger partial charge on any atom is 0.220 e. The Morgan fingerprint density at radius 2 is 1.88 bits per heavy atom. The summed E-state index contributed by atoms with van der Waals surface area (Å²) < 4.78 is 10.7. The summed E-state index contributed by atoms with van der Waals surface area (Å²) in [6, 6.07) is 5.53. The van der Waals surface area contributed by atoms with Gasteiger partial charge in [-0.05, 0) is 24.1 Å². The molecule has 136 valence electrons. The van der Waals surface area contributed by atoms with Crippen molar-refractivity contribution in [2.45, 2.75) is 58.4 Å². The number of carbonyl (C=O) groups is 1. The quantitative estimate of drug-likeness (QED) is 0.541. The Hall–Kier alpha value is -1.75. The SMILES string of the molecule is CCCCCCCCC(=O)NCc1ccc(OCCO)c(OC)c1. The minimum Gasteiger partial charge on any atom is -0.493 e. The molecule has 0 unspecified atom stereocenters. The summed E-state index contributed by atoms with van der Waals surface area (Å²) in [5, 5.41) is 11.7. The van der Waals surface area contributed by atoms with Crippen LogP contribution in [-0.4, -0.2) is 31.3 Å². The first-order valence-electron chi connectivity index (χ1n) is 8.88. The van der Waals surface area contributed by atoms with Gasteiger partial charge in [0.25, 0.3) is 0 Å². The van der Waals surface area contributed by atoms with E-state index in [-0.39, 0.29) is 19.1 Å². The molecular formula is C19H31NO4. The van der Waals surface area contributed by atoms with Crippen LogP contribution in [0.1, 0.15) is 57.4 Å². The van der Waals surface area contributed by atoms with Gasteiger partial charge >= 0.3 is 0 Å². The lowest BCUT2D eigenvalue weighted by Crippen LogP contribution is -2.22. The molecule has 2 N–H and O–H groups in total. The third-order valence-electron chi connectivity index (χ3n) is 3.82. The molecule has 0 bridgehead atoms. The maximum atomic E-state index is 11.9. The zero-order valence-electron chi connectivity index (χ0n) is 15.0. The van der Waals surface area contributed by atoms with Gasteiger partial charge in [0.2, 0.25) is 5.91 Å². The normalized spacial score (nSPS) is 10.5. The lowest BCUT2D eigenvalue weighted by atomic mass is 10.1. The van der Waals surface area contributed by atoms with Crippen molar-refractivity contribution in [3.63, 3.8) is 0 Å². The van der Waals surface area contributed by atoms with E-state index in [1.165, 1.54) is 25.7 Å². The lowest BCUT2D eigenvalue weighted by Gasteiger charge is -2.12. The summed E-state index contributed by atoms with van der Waals surface area (Å²) in [5.41, 5.74) is 0.958. The number of unbranched alkanes of at least 4 members (excludes halogenated alkanes) is 5. The van der Waals surface area contributed by atoms with Crippen molar-refractivity contribution in [2.24, 2.45) is 0 Å². The van der Waals surface area contributed by atoms with Gasteiger partial charge in [0.15, 0.2) is 11.5 Å². The van der Waals surface area contributed by atoms with E-state index in [2.05, 4.69) is 12.2 Å². The molecule has 0 radical (unpaired) electrons. The van der Waals surface area contributed by atoms with E-state index in [9.17, 15) is 4.79 Å². The molecule has 0 atom stereocenters. The third kappa shape index (κ3) is 8.20. The largest absolute Gasteiger partial charge is 0.493 e. The van der Waals surface area contributed by atoms with Crippen molar-refractivity contribution < 1.29 is 19.4 Å². The molecule has 24 heavy (non-hydrogen) atoms. The van der Waals surface area contributed by atoms with E-state index < -0.39 is 0 Å². The van der Waals surface area contributed by atoms with Crippen LogP contribution >= 0.6 is 0 Å². The number of benzene rings is 1. The van der Waals surface area contributed by atoms with E-state index in [4.69, 9.17) is 14.6 Å². The molecule has 1 aromatic rings. The summed E-state index contributed by atoms with van der Waals surface area (Å²) in [7, 11) is 1.57. The summed E-state index contributed by atoms with van der Waals surface area (Å²) in [6.07, 6.45) is 7.67. The van der Waals surface area contributed by atoms with Gasteiger partial charge in [-0.25, -0.2) is 0 Å². The van der Waals surface area contributed by atoms with E-state index in [1.807, 2.05) is 12.1 Å². The van der Waals surface area contributed by atoms with Crippen molar-refractivity contribution in [3.05, 3.63) is 23.8 Å².